The van der Waals surface area contributed by atoms with E-state index in [0.717, 1.165) is 22.9 Å². The minimum Gasteiger partial charge on any atom is -0.299 e. The molecular weight excluding hydrogens is 288 g/mol. The third-order valence-corrected chi connectivity index (χ3v) is 4.39. The van der Waals surface area contributed by atoms with Gasteiger partial charge in [-0.25, -0.2) is 0 Å². The van der Waals surface area contributed by atoms with Crippen molar-refractivity contribution < 1.29 is 4.79 Å². The molecule has 0 saturated heterocycles. The molecular formula is C16H21BrO. The Kier molecular flexibility index (Phi) is 4.60. The van der Waals surface area contributed by atoms with E-state index in [2.05, 4.69) is 29.8 Å². The standard InChI is InChI=1S/C16H21BrO/c1-11-6-12(2)8-14(7-11)16(18)10-13-4-3-5-15(17)9-13/h3-5,9,11-12,14H,6-8,10H2,1-2H3. The molecule has 0 N–H and O–H groups in total. The lowest BCUT2D eigenvalue weighted by molar-refractivity contribution is -0.124. The van der Waals surface area contributed by atoms with Crippen LogP contribution in [0.4, 0.5) is 0 Å². The van der Waals surface area contributed by atoms with E-state index in [4.69, 9.17) is 0 Å². The summed E-state index contributed by atoms with van der Waals surface area (Å²) in [5.74, 6) is 2.10. The minimum absolute atomic E-state index is 0.280. The first-order valence-electron chi connectivity index (χ1n) is 6.81. The third kappa shape index (κ3) is 3.68. The fourth-order valence-corrected chi connectivity index (χ4v) is 3.65. The van der Waals surface area contributed by atoms with Gasteiger partial charge in [-0.3, -0.25) is 4.79 Å². The molecule has 2 unspecified atom stereocenters. The SMILES string of the molecule is CC1CC(C)CC(C(=O)Cc2cccc(Br)c2)C1. The normalized spacial score (nSPS) is 28.1. The second-order valence-electron chi connectivity index (χ2n) is 5.89. The maximum absolute atomic E-state index is 12.4. The zero-order valence-electron chi connectivity index (χ0n) is 11.2. The van der Waals surface area contributed by atoms with Crippen LogP contribution in [0.15, 0.2) is 28.7 Å². The first-order chi connectivity index (χ1) is 8.54. The van der Waals surface area contributed by atoms with Crippen LogP contribution >= 0.6 is 15.9 Å². The molecule has 2 atom stereocenters. The summed E-state index contributed by atoms with van der Waals surface area (Å²) >= 11 is 3.46. The summed E-state index contributed by atoms with van der Waals surface area (Å²) in [6, 6.07) is 8.09. The monoisotopic (exact) mass is 308 g/mol. The maximum Gasteiger partial charge on any atom is 0.140 e. The fraction of sp³-hybridized carbons (Fsp3) is 0.562. The molecule has 2 heteroatoms. The Morgan fingerprint density at radius 2 is 1.89 bits per heavy atom. The van der Waals surface area contributed by atoms with Crippen LogP contribution in [-0.2, 0) is 11.2 Å². The number of ketones is 1. The Labute approximate surface area is 118 Å². The van der Waals surface area contributed by atoms with E-state index < -0.39 is 0 Å². The molecule has 1 aromatic carbocycles. The van der Waals surface area contributed by atoms with Crippen molar-refractivity contribution in [2.24, 2.45) is 17.8 Å². The molecule has 98 valence electrons. The number of benzene rings is 1. The van der Waals surface area contributed by atoms with Gasteiger partial charge in [0.2, 0.25) is 0 Å². The molecule has 2 rings (SSSR count). The highest BCUT2D eigenvalue weighted by molar-refractivity contribution is 9.10. The number of carbonyl (C=O) groups is 1. The van der Waals surface area contributed by atoms with E-state index in [1.807, 2.05) is 24.3 Å². The van der Waals surface area contributed by atoms with Gasteiger partial charge in [0.25, 0.3) is 0 Å². The van der Waals surface area contributed by atoms with Crippen LogP contribution in [0, 0.1) is 17.8 Å². The van der Waals surface area contributed by atoms with Crippen molar-refractivity contribution in [2.45, 2.75) is 39.5 Å². The summed E-state index contributed by atoms with van der Waals surface area (Å²) < 4.78 is 1.05. The van der Waals surface area contributed by atoms with Crippen LogP contribution < -0.4 is 0 Å². The highest BCUT2D eigenvalue weighted by Gasteiger charge is 2.28. The Morgan fingerprint density at radius 3 is 2.50 bits per heavy atom. The van der Waals surface area contributed by atoms with Gasteiger partial charge in [0.1, 0.15) is 5.78 Å². The van der Waals surface area contributed by atoms with Gasteiger partial charge in [-0.2, -0.15) is 0 Å². The largest absolute Gasteiger partial charge is 0.299 e. The van der Waals surface area contributed by atoms with Crippen LogP contribution in [0.2, 0.25) is 0 Å². The highest BCUT2D eigenvalue weighted by atomic mass is 79.9. The summed E-state index contributed by atoms with van der Waals surface area (Å²) in [5.41, 5.74) is 1.13. The second kappa shape index (κ2) is 6.01. The molecule has 0 aliphatic heterocycles. The number of halogens is 1. The molecule has 0 radical (unpaired) electrons. The van der Waals surface area contributed by atoms with Crippen molar-refractivity contribution in [1.82, 2.24) is 0 Å². The second-order valence-corrected chi connectivity index (χ2v) is 6.80. The predicted molar refractivity (Wildman–Crippen MR) is 78.5 cm³/mol. The molecule has 1 aliphatic rings. The molecule has 0 spiro atoms. The maximum atomic E-state index is 12.4. The Hall–Kier alpha value is -0.630. The number of Topliss-reactive ketones (excluding diaryl/α,β-unsaturated/α-hetero) is 1. The van der Waals surface area contributed by atoms with Gasteiger partial charge in [-0.15, -0.1) is 0 Å². The van der Waals surface area contributed by atoms with E-state index in [0.29, 0.717) is 24.0 Å². The Morgan fingerprint density at radius 1 is 1.22 bits per heavy atom. The zero-order chi connectivity index (χ0) is 13.1. The van der Waals surface area contributed by atoms with E-state index in [1.54, 1.807) is 0 Å². The quantitative estimate of drug-likeness (QED) is 0.795. The predicted octanol–water partition coefficient (Wildman–Crippen LogP) is 4.63. The molecule has 1 aliphatic carbocycles. The van der Waals surface area contributed by atoms with Gasteiger partial charge >= 0.3 is 0 Å². The first-order valence-corrected chi connectivity index (χ1v) is 7.61. The molecule has 0 bridgehead atoms. The number of carbonyl (C=O) groups excluding carboxylic acids is 1. The Balaban J connectivity index is 1.99. The lowest BCUT2D eigenvalue weighted by Gasteiger charge is -2.30. The average Bonchev–Trinajstić information content (AvgIpc) is 2.27. The van der Waals surface area contributed by atoms with Crippen molar-refractivity contribution in [2.75, 3.05) is 0 Å². The van der Waals surface area contributed by atoms with Crippen molar-refractivity contribution >= 4 is 21.7 Å². The molecule has 18 heavy (non-hydrogen) atoms. The number of hydrogen-bond donors (Lipinski definition) is 0. The van der Waals surface area contributed by atoms with Crippen molar-refractivity contribution in [3.8, 4) is 0 Å². The third-order valence-electron chi connectivity index (χ3n) is 3.90. The van der Waals surface area contributed by atoms with Crippen molar-refractivity contribution in [3.05, 3.63) is 34.3 Å². The van der Waals surface area contributed by atoms with Crippen LogP contribution in [-0.4, -0.2) is 5.78 Å². The van der Waals surface area contributed by atoms with Crippen molar-refractivity contribution in [1.29, 1.82) is 0 Å². The highest BCUT2D eigenvalue weighted by Crippen LogP contribution is 2.33. The van der Waals surface area contributed by atoms with Gasteiger partial charge < -0.3 is 0 Å². The van der Waals surface area contributed by atoms with Crippen LogP contribution in [0.25, 0.3) is 0 Å². The van der Waals surface area contributed by atoms with Crippen LogP contribution in [0.3, 0.4) is 0 Å². The topological polar surface area (TPSA) is 17.1 Å². The molecule has 0 heterocycles. The smallest absolute Gasteiger partial charge is 0.140 e. The lowest BCUT2D eigenvalue weighted by Crippen LogP contribution is -2.27. The van der Waals surface area contributed by atoms with Crippen LogP contribution in [0.5, 0.6) is 0 Å². The summed E-state index contributed by atoms with van der Waals surface area (Å²) in [6.45, 7) is 4.55. The summed E-state index contributed by atoms with van der Waals surface area (Å²) in [7, 11) is 0. The van der Waals surface area contributed by atoms with Crippen LogP contribution in [0.1, 0.15) is 38.7 Å². The van der Waals surface area contributed by atoms with Gasteiger partial charge in [0.15, 0.2) is 0 Å². The molecule has 1 fully saturated rings. The number of rotatable bonds is 3. The minimum atomic E-state index is 0.280. The van der Waals surface area contributed by atoms with Gasteiger partial charge in [0, 0.05) is 16.8 Å². The van der Waals surface area contributed by atoms with E-state index >= 15 is 0 Å². The average molecular weight is 309 g/mol. The summed E-state index contributed by atoms with van der Waals surface area (Å²) in [4.78, 5) is 12.4. The van der Waals surface area contributed by atoms with E-state index in [9.17, 15) is 4.79 Å². The molecule has 1 aromatic rings. The van der Waals surface area contributed by atoms with E-state index in [-0.39, 0.29) is 5.92 Å². The molecule has 0 aromatic heterocycles. The fourth-order valence-electron chi connectivity index (χ4n) is 3.20. The number of hydrogen-bond acceptors (Lipinski definition) is 1. The Bertz CT molecular complexity index is 417. The zero-order valence-corrected chi connectivity index (χ0v) is 12.7. The lowest BCUT2D eigenvalue weighted by atomic mass is 9.74. The van der Waals surface area contributed by atoms with Crippen molar-refractivity contribution in [3.63, 3.8) is 0 Å². The van der Waals surface area contributed by atoms with Gasteiger partial charge in [0.05, 0.1) is 0 Å². The summed E-state index contributed by atoms with van der Waals surface area (Å²) in [6.07, 6.45) is 4.03. The van der Waals surface area contributed by atoms with Gasteiger partial charge in [-0.05, 0) is 48.8 Å². The molecule has 1 nitrogen and oxygen atoms in total. The first kappa shape index (κ1) is 13.8. The molecule has 1 saturated carbocycles. The molecule has 0 amide bonds. The summed E-state index contributed by atoms with van der Waals surface area (Å²) in [5, 5.41) is 0. The van der Waals surface area contributed by atoms with E-state index in [1.165, 1.54) is 6.42 Å². The van der Waals surface area contributed by atoms with Gasteiger partial charge in [-0.1, -0.05) is 41.9 Å².